The molecule has 2 saturated carbocycles. The first-order valence-corrected chi connectivity index (χ1v) is 47.8. The van der Waals surface area contributed by atoms with Gasteiger partial charge in [0.25, 0.3) is 17.6 Å². The van der Waals surface area contributed by atoms with E-state index >= 15 is 0 Å². The molecule has 6 aliphatic heterocycles. The highest BCUT2D eigenvalue weighted by molar-refractivity contribution is 6.39. The van der Waals surface area contributed by atoms with E-state index in [4.69, 9.17) is 47.4 Å². The van der Waals surface area contributed by atoms with Crippen molar-refractivity contribution in [3.63, 3.8) is 0 Å². The van der Waals surface area contributed by atoms with Gasteiger partial charge in [-0.25, -0.2) is 9.59 Å². The maximum absolute atomic E-state index is 14.6. The Balaban J connectivity index is 0.000000356. The van der Waals surface area contributed by atoms with Gasteiger partial charge in [0, 0.05) is 117 Å². The minimum atomic E-state index is -2.85. The number of piperidine rings is 2. The monoisotopic (exact) mass is 1830 g/mol. The zero-order valence-electron chi connectivity index (χ0n) is 81.2. The van der Waals surface area contributed by atoms with Crippen LogP contribution in [0.15, 0.2) is 95.2 Å². The van der Waals surface area contributed by atoms with Crippen LogP contribution >= 0.6 is 0 Å². The van der Waals surface area contributed by atoms with E-state index in [0.29, 0.717) is 120 Å². The number of hydrogen-bond donors (Lipinski definition) is 6. The van der Waals surface area contributed by atoms with E-state index < -0.39 is 168 Å². The number of ketones is 6. The minimum Gasteiger partial charge on any atom is -0.460 e. The van der Waals surface area contributed by atoms with Gasteiger partial charge in [-0.15, -0.1) is 0 Å². The second kappa shape index (κ2) is 52.4. The molecule has 0 spiro atoms. The number of hydrogen-bond acceptors (Lipinski definition) is 26. The number of aliphatic hydroxyl groups excluding tert-OH is 4. The molecule has 30 atom stereocenters. The van der Waals surface area contributed by atoms with Crippen LogP contribution in [0.3, 0.4) is 0 Å². The molecule has 130 heavy (non-hydrogen) atoms. The zero-order chi connectivity index (χ0) is 96.3. The van der Waals surface area contributed by atoms with E-state index in [0.717, 1.165) is 24.0 Å². The molecule has 0 radical (unpaired) electrons. The highest BCUT2D eigenvalue weighted by Crippen LogP contribution is 2.41. The summed E-state index contributed by atoms with van der Waals surface area (Å²) in [6, 6.07) is -2.30. The molecule has 2 amide bonds. The van der Waals surface area contributed by atoms with E-state index in [1.54, 1.807) is 82.1 Å². The lowest BCUT2D eigenvalue weighted by Crippen LogP contribution is -2.62. The fourth-order valence-corrected chi connectivity index (χ4v) is 20.2. The number of nitrogens with zero attached hydrogens (tertiary/aromatic N) is 2. The molecule has 4 saturated heterocycles. The van der Waals surface area contributed by atoms with Crippen LogP contribution in [0.1, 0.15) is 251 Å². The van der Waals surface area contributed by atoms with Crippen LogP contribution in [-0.4, -0.2) is 264 Å². The Bertz CT molecular complexity index is 4010. The summed E-state index contributed by atoms with van der Waals surface area (Å²) in [5.74, 6) is -16.0. The van der Waals surface area contributed by atoms with Crippen molar-refractivity contribution >= 4 is 58.5 Å². The van der Waals surface area contributed by atoms with Crippen LogP contribution in [0.5, 0.6) is 0 Å². The molecule has 2 aliphatic carbocycles. The third-order valence-electron chi connectivity index (χ3n) is 28.8. The third kappa shape index (κ3) is 30.1. The Morgan fingerprint density at radius 3 is 1.28 bits per heavy atom. The largest absolute Gasteiger partial charge is 0.460 e. The van der Waals surface area contributed by atoms with Crippen molar-refractivity contribution < 1.29 is 126 Å². The molecular weight excluding hydrogens is 1670 g/mol. The Labute approximate surface area is 772 Å². The number of allylic oxidation sites excluding steroid dienone is 12. The molecule has 0 unspecified atom stereocenters. The van der Waals surface area contributed by atoms with Crippen molar-refractivity contribution in [1.82, 2.24) is 9.80 Å². The fraction of sp³-hybridized carbons (Fsp3) is 0.745. The second-order valence-electron chi connectivity index (χ2n) is 39.2. The summed E-state index contributed by atoms with van der Waals surface area (Å²) < 4.78 is 58.8. The van der Waals surface area contributed by atoms with E-state index in [1.807, 2.05) is 116 Å². The van der Waals surface area contributed by atoms with Crippen molar-refractivity contribution in [3.05, 3.63) is 95.2 Å². The van der Waals surface area contributed by atoms with Gasteiger partial charge in [-0.1, -0.05) is 142 Å². The molecule has 0 aromatic rings. The van der Waals surface area contributed by atoms with Crippen molar-refractivity contribution in [1.29, 1.82) is 0 Å². The first-order valence-electron chi connectivity index (χ1n) is 47.8. The van der Waals surface area contributed by atoms with Gasteiger partial charge in [0.1, 0.15) is 60.3 Å². The Morgan fingerprint density at radius 1 is 0.446 bits per heavy atom. The average Bonchev–Trinajstić information content (AvgIpc) is 1.39. The number of methoxy groups -OCH3 is 6. The van der Waals surface area contributed by atoms with E-state index in [-0.39, 0.29) is 116 Å². The maximum Gasteiger partial charge on any atom is 0.329 e. The lowest BCUT2D eigenvalue weighted by molar-refractivity contribution is -0.265. The Kier molecular flexibility index (Phi) is 44.4. The molecule has 4 bridgehead atoms. The molecule has 8 rings (SSSR count). The number of amides is 2. The first-order chi connectivity index (χ1) is 61.5. The Morgan fingerprint density at radius 2 is 0.862 bits per heavy atom. The summed E-state index contributed by atoms with van der Waals surface area (Å²) in [4.78, 5) is 144. The summed E-state index contributed by atoms with van der Waals surface area (Å²) in [5.41, 5.74) is 2.50. The number of rotatable bonds is 12. The normalized spacial score (nSPS) is 39.4. The predicted molar refractivity (Wildman–Crippen MR) is 490 cm³/mol. The molecule has 6 N–H and O–H groups in total. The quantitative estimate of drug-likeness (QED) is 0.0457. The molecule has 28 heteroatoms. The van der Waals surface area contributed by atoms with Gasteiger partial charge in [0.2, 0.25) is 11.6 Å². The lowest BCUT2D eigenvalue weighted by atomic mass is 9.78. The summed E-state index contributed by atoms with van der Waals surface area (Å²) in [7, 11) is 9.03. The smallest absolute Gasteiger partial charge is 0.329 e. The highest BCUT2D eigenvalue weighted by Gasteiger charge is 2.57. The van der Waals surface area contributed by atoms with Gasteiger partial charge < -0.3 is 87.8 Å². The number of carbonyl (C=O) groups excluding carboxylic acids is 10. The third-order valence-corrected chi connectivity index (χ3v) is 28.8. The first kappa shape index (κ1) is 110. The highest BCUT2D eigenvalue weighted by atomic mass is 16.7. The van der Waals surface area contributed by atoms with Crippen molar-refractivity contribution in [2.45, 2.75) is 360 Å². The van der Waals surface area contributed by atoms with Crippen LogP contribution in [0.4, 0.5) is 0 Å². The number of esters is 2. The summed E-state index contributed by atoms with van der Waals surface area (Å²) in [6.45, 7) is 25.4. The van der Waals surface area contributed by atoms with Gasteiger partial charge >= 0.3 is 17.7 Å². The predicted octanol–water partition coefficient (Wildman–Crippen LogP) is 12.4. The molecular formula is C102H158N2O26. The summed E-state index contributed by atoms with van der Waals surface area (Å²) in [5, 5.41) is 67.9. The number of ether oxygens (including phenoxy) is 10. The molecule has 0 aromatic heterocycles. The lowest BCUT2D eigenvalue weighted by Gasteiger charge is -2.42. The number of Topliss-reactive ketones (excluding diaryl/α,β-unsaturated/α-hetero) is 6. The number of aliphatic hydroxyl groups is 6. The van der Waals surface area contributed by atoms with Crippen molar-refractivity contribution in [2.24, 2.45) is 71.0 Å². The average molecular weight is 1830 g/mol. The summed E-state index contributed by atoms with van der Waals surface area (Å²) in [6.07, 6.45) is 21.8. The maximum atomic E-state index is 14.6. The van der Waals surface area contributed by atoms with Crippen molar-refractivity contribution in [3.8, 4) is 0 Å². The van der Waals surface area contributed by atoms with E-state index in [1.165, 1.54) is 24.0 Å². The topological polar surface area (TPSA) is 391 Å². The Hall–Kier alpha value is -6.74. The number of fused-ring (bicyclic) bond motifs is 6. The number of cyclic esters (lactones) is 2. The van der Waals surface area contributed by atoms with Crippen LogP contribution in [0.2, 0.25) is 0 Å². The molecule has 6 heterocycles. The van der Waals surface area contributed by atoms with Gasteiger partial charge in [0.05, 0.1) is 48.8 Å². The van der Waals surface area contributed by atoms with Crippen LogP contribution in [0.25, 0.3) is 0 Å². The van der Waals surface area contributed by atoms with Crippen LogP contribution < -0.4 is 0 Å². The van der Waals surface area contributed by atoms with Crippen LogP contribution in [0, 0.1) is 71.0 Å². The van der Waals surface area contributed by atoms with Gasteiger partial charge in [-0.3, -0.25) is 38.4 Å². The standard InChI is InChI=1S/2C51H79NO13/c1-30-16-12-11-13-17-31(2)42(61-8)28-38-21-19-36(7)51(60,65-38)48(57)49(58)52-23-15-14-18-39(52)50(59)64-43(33(4)26-37-20-22-40(53)44(27-37)62-9)29-41(54)32(3)25-35(6)46(56)47(63-10)45(55)34(5)24-30;1-30-16-12-11-13-17-31(2)42(61-8)28-38-21-19-32(3)48(57)51(60,65-38)50(59)52-23-15-14-18-39(52)49(58)64-43(34(5)26-37-20-22-40(53)44(27-37)62-9)29-41(54)33(4)25-36(7)46(56)47(63-10)45(55)35(6)24-30/h11-13,16-17,25,30,32-34,36-40,42-44,46-47,53,56,60H,14-15,18-24,26-29H2,1-10H3;11-13,16-17,25,30,32-35,37-40,42-44,46-47,53,56,60H,14-15,18-24,26-29H2,1-10H3/b13-11?,16-12+,31-17?,35-25+;13-11+,16-12+,31-17?,36-25+/t30-,32-,33-,34-,36-,37+,38+,39+,40-,42+,43+,44-,46-,47+,51-;30-,32-,33-,34-,35-,37+,38+,39+,40-,42+,43+,44-,46-,47+,51-/m11/s1. The molecule has 28 nitrogen and oxygen atoms in total. The van der Waals surface area contributed by atoms with Crippen LogP contribution in [-0.2, 0) is 95.3 Å². The SMILES string of the molecule is CO[C@H]1C[C@@H]2CC[C@@H](C)C(=O)[C@@](O)(O2)C(=O)N2CCCC[C@H]2C(=O)O[C@H]([C@H](C)C[C@@H]2CC[C@@H](O)[C@H](OC)C2)CC(=O)[C@H](C)/C=C(\C)[C@@H](O)[C@@H](OC)C(=O)[C@H](C)C[C@H](C)/C=C/C=C/C=C1C.CO[C@H]1C[C@@H]2CC[C@@H](C)[C@@](O)(O2)C(=O)C(=O)N2CCCC[C@H]2C(=O)O[C@H]([C@H](C)C[C@@H]2CC[C@@H](O)[C@H](OC)C2)CC(=O)[C@H](C)/C=C(\C)[C@@H](O)[C@@H](OC)C(=O)[C@H](C)C[C@H](C)/C=C/C=CC=C1C. The summed E-state index contributed by atoms with van der Waals surface area (Å²) >= 11 is 0. The second-order valence-corrected chi connectivity index (χ2v) is 39.2. The minimum absolute atomic E-state index is 0.0147. The molecule has 0 aromatic carbocycles. The molecule has 732 valence electrons. The van der Waals surface area contributed by atoms with Gasteiger partial charge in [-0.2, -0.15) is 0 Å². The van der Waals surface area contributed by atoms with Gasteiger partial charge in [-0.05, 0) is 214 Å². The van der Waals surface area contributed by atoms with Gasteiger partial charge in [0.15, 0.2) is 11.6 Å². The molecule has 8 aliphatic rings. The van der Waals surface area contributed by atoms with E-state index in [9.17, 15) is 78.6 Å². The van der Waals surface area contributed by atoms with Crippen molar-refractivity contribution in [2.75, 3.05) is 55.7 Å². The number of carbonyl (C=O) groups is 10. The van der Waals surface area contributed by atoms with E-state index in [2.05, 4.69) is 0 Å². The fourth-order valence-electron chi connectivity index (χ4n) is 20.2. The zero-order valence-corrected chi connectivity index (χ0v) is 81.2. The molecule has 6 fully saturated rings.